The van der Waals surface area contributed by atoms with Gasteiger partial charge in [0.1, 0.15) is 5.76 Å². The number of benzene rings is 1. The normalized spacial score (nSPS) is 14.4. The Balaban J connectivity index is 2.48. The monoisotopic (exact) mass is 205 g/mol. The number of para-hydroxylation sites is 1. The molecule has 0 aromatic heterocycles. The zero-order chi connectivity index (χ0) is 9.97. The van der Waals surface area contributed by atoms with Crippen molar-refractivity contribution >= 4 is 24.6 Å². The second-order valence-corrected chi connectivity index (χ2v) is 3.40. The van der Waals surface area contributed by atoms with Gasteiger partial charge >= 0.3 is 0 Å². The zero-order valence-corrected chi connectivity index (χ0v) is 8.74. The molecule has 14 heavy (non-hydrogen) atoms. The van der Waals surface area contributed by atoms with Crippen molar-refractivity contribution in [2.24, 2.45) is 0 Å². The Morgan fingerprint density at radius 2 is 2.00 bits per heavy atom. The maximum atomic E-state index is 5.16. The highest BCUT2D eigenvalue weighted by Crippen LogP contribution is 2.27. The van der Waals surface area contributed by atoms with E-state index in [4.69, 9.17) is 4.74 Å². The van der Waals surface area contributed by atoms with Gasteiger partial charge in [-0.15, -0.1) is 0 Å². The lowest BCUT2D eigenvalue weighted by molar-refractivity contribution is 0.306. The second kappa shape index (κ2) is 3.80. The summed E-state index contributed by atoms with van der Waals surface area (Å²) in [5.41, 5.74) is 2.19. The fourth-order valence-electron chi connectivity index (χ4n) is 1.36. The summed E-state index contributed by atoms with van der Waals surface area (Å²) in [4.78, 5) is 0. The van der Waals surface area contributed by atoms with Crippen LogP contribution in [0, 0.1) is 0 Å². The standard InChI is InChI=1S/C11H11NOS/c1-13-10-7-6-9-4-2-3-5-11(9)12(14)8-10/h2-8,14H,1H3. The van der Waals surface area contributed by atoms with Crippen LogP contribution in [0.1, 0.15) is 5.56 Å². The van der Waals surface area contributed by atoms with Gasteiger partial charge in [-0.3, -0.25) is 4.31 Å². The van der Waals surface area contributed by atoms with Gasteiger partial charge in [0, 0.05) is 0 Å². The Labute approximate surface area is 89.0 Å². The minimum atomic E-state index is 0.788. The van der Waals surface area contributed by atoms with E-state index in [1.165, 1.54) is 0 Å². The average molecular weight is 205 g/mol. The van der Waals surface area contributed by atoms with Gasteiger partial charge in [0.15, 0.2) is 0 Å². The zero-order valence-electron chi connectivity index (χ0n) is 7.84. The van der Waals surface area contributed by atoms with Gasteiger partial charge in [-0.25, -0.2) is 0 Å². The summed E-state index contributed by atoms with van der Waals surface area (Å²) >= 11 is 4.36. The third-order valence-corrected chi connectivity index (χ3v) is 2.43. The molecule has 0 atom stereocenters. The first-order chi connectivity index (χ1) is 6.81. The van der Waals surface area contributed by atoms with Crippen LogP contribution in [0.5, 0.6) is 0 Å². The van der Waals surface area contributed by atoms with Gasteiger partial charge in [0.2, 0.25) is 0 Å². The number of thiol groups is 1. The molecule has 1 aliphatic heterocycles. The number of methoxy groups -OCH3 is 1. The first-order valence-corrected chi connectivity index (χ1v) is 4.72. The molecule has 72 valence electrons. The van der Waals surface area contributed by atoms with Crippen LogP contribution in [0.2, 0.25) is 0 Å². The predicted octanol–water partition coefficient (Wildman–Crippen LogP) is 2.85. The fourth-order valence-corrected chi connectivity index (χ4v) is 1.66. The van der Waals surface area contributed by atoms with E-state index in [0.717, 1.165) is 17.0 Å². The van der Waals surface area contributed by atoms with Crippen molar-refractivity contribution in [3.63, 3.8) is 0 Å². The molecule has 0 saturated carbocycles. The lowest BCUT2D eigenvalue weighted by Crippen LogP contribution is -2.02. The van der Waals surface area contributed by atoms with E-state index in [1.54, 1.807) is 11.4 Å². The van der Waals surface area contributed by atoms with E-state index >= 15 is 0 Å². The smallest absolute Gasteiger partial charge is 0.136 e. The van der Waals surface area contributed by atoms with E-state index in [-0.39, 0.29) is 0 Å². The van der Waals surface area contributed by atoms with Crippen molar-refractivity contribution < 1.29 is 4.74 Å². The van der Waals surface area contributed by atoms with Crippen molar-refractivity contribution in [2.45, 2.75) is 0 Å². The van der Waals surface area contributed by atoms with Crippen LogP contribution in [0.25, 0.3) is 6.08 Å². The van der Waals surface area contributed by atoms with E-state index in [0.29, 0.717) is 0 Å². The number of ether oxygens (including phenoxy) is 1. The summed E-state index contributed by atoms with van der Waals surface area (Å²) in [5, 5.41) is 0. The van der Waals surface area contributed by atoms with Crippen molar-refractivity contribution in [1.29, 1.82) is 0 Å². The molecule has 0 fully saturated rings. The molecule has 0 N–H and O–H groups in total. The fraction of sp³-hybridized carbons (Fsp3) is 0.0909. The molecular formula is C11H11NOS. The molecular weight excluding hydrogens is 194 g/mol. The minimum Gasteiger partial charge on any atom is -0.495 e. The summed E-state index contributed by atoms with van der Waals surface area (Å²) in [6.07, 6.45) is 5.78. The van der Waals surface area contributed by atoms with E-state index < -0.39 is 0 Å². The molecule has 0 saturated heterocycles. The van der Waals surface area contributed by atoms with Gasteiger partial charge in [-0.05, 0) is 23.8 Å². The minimum absolute atomic E-state index is 0.788. The van der Waals surface area contributed by atoms with Gasteiger partial charge < -0.3 is 4.74 Å². The van der Waals surface area contributed by atoms with Crippen LogP contribution in [0.15, 0.2) is 42.3 Å². The lowest BCUT2D eigenvalue weighted by Gasteiger charge is -2.13. The Kier molecular flexibility index (Phi) is 2.50. The first kappa shape index (κ1) is 9.21. The number of allylic oxidation sites excluding steroid dienone is 1. The highest BCUT2D eigenvalue weighted by molar-refractivity contribution is 7.82. The molecule has 0 bridgehead atoms. The van der Waals surface area contributed by atoms with Crippen LogP contribution in [0.4, 0.5) is 5.69 Å². The van der Waals surface area contributed by atoms with Crippen molar-refractivity contribution in [1.82, 2.24) is 0 Å². The Morgan fingerprint density at radius 1 is 1.21 bits per heavy atom. The van der Waals surface area contributed by atoms with E-state index in [1.807, 2.05) is 42.6 Å². The first-order valence-electron chi connectivity index (χ1n) is 4.32. The van der Waals surface area contributed by atoms with Gasteiger partial charge in [-0.2, -0.15) is 0 Å². The largest absolute Gasteiger partial charge is 0.495 e. The molecule has 0 aliphatic carbocycles. The number of fused-ring (bicyclic) bond motifs is 1. The topological polar surface area (TPSA) is 12.5 Å². The van der Waals surface area contributed by atoms with E-state index in [2.05, 4.69) is 12.8 Å². The van der Waals surface area contributed by atoms with E-state index in [9.17, 15) is 0 Å². The molecule has 0 amide bonds. The summed E-state index contributed by atoms with van der Waals surface area (Å²) in [6.45, 7) is 0. The molecule has 1 aromatic rings. The molecule has 0 unspecified atom stereocenters. The third-order valence-electron chi connectivity index (χ3n) is 2.10. The Hall–Kier alpha value is -1.35. The van der Waals surface area contributed by atoms with Crippen molar-refractivity contribution in [2.75, 3.05) is 11.4 Å². The van der Waals surface area contributed by atoms with Crippen LogP contribution in [0.3, 0.4) is 0 Å². The molecule has 2 rings (SSSR count). The van der Waals surface area contributed by atoms with Crippen LogP contribution < -0.4 is 4.31 Å². The lowest BCUT2D eigenvalue weighted by atomic mass is 10.2. The van der Waals surface area contributed by atoms with Gasteiger partial charge in [0.05, 0.1) is 19.0 Å². The Morgan fingerprint density at radius 3 is 2.79 bits per heavy atom. The third kappa shape index (κ3) is 1.63. The highest BCUT2D eigenvalue weighted by Gasteiger charge is 2.08. The summed E-state index contributed by atoms with van der Waals surface area (Å²) in [5.74, 6) is 0.788. The van der Waals surface area contributed by atoms with Gasteiger partial charge in [0.25, 0.3) is 0 Å². The van der Waals surface area contributed by atoms with Crippen LogP contribution >= 0.6 is 12.8 Å². The molecule has 3 heteroatoms. The summed E-state index contributed by atoms with van der Waals surface area (Å²) in [7, 11) is 1.65. The molecule has 0 radical (unpaired) electrons. The number of nitrogens with zero attached hydrogens (tertiary/aromatic N) is 1. The van der Waals surface area contributed by atoms with Crippen molar-refractivity contribution in [3.05, 3.63) is 47.9 Å². The second-order valence-electron chi connectivity index (χ2n) is 2.97. The van der Waals surface area contributed by atoms with Crippen molar-refractivity contribution in [3.8, 4) is 0 Å². The average Bonchev–Trinajstić information content (AvgIpc) is 2.39. The SMILES string of the molecule is COC1=CN(S)c2ccccc2C=C1. The maximum absolute atomic E-state index is 5.16. The molecule has 0 spiro atoms. The number of hydrogen-bond acceptors (Lipinski definition) is 3. The molecule has 1 heterocycles. The quantitative estimate of drug-likeness (QED) is 0.708. The molecule has 1 aromatic carbocycles. The summed E-state index contributed by atoms with van der Waals surface area (Å²) in [6, 6.07) is 8.05. The highest BCUT2D eigenvalue weighted by atomic mass is 32.1. The molecule has 1 aliphatic rings. The van der Waals surface area contributed by atoms with Gasteiger partial charge in [-0.1, -0.05) is 31.0 Å². The molecule has 2 nitrogen and oxygen atoms in total. The number of anilines is 1. The van der Waals surface area contributed by atoms with Crippen LogP contribution in [-0.4, -0.2) is 7.11 Å². The Bertz CT molecular complexity index is 398. The maximum Gasteiger partial charge on any atom is 0.136 e. The predicted molar refractivity (Wildman–Crippen MR) is 62.0 cm³/mol. The number of hydrogen-bond donors (Lipinski definition) is 1. The van der Waals surface area contributed by atoms with Crippen LogP contribution in [-0.2, 0) is 4.74 Å². The number of rotatable bonds is 1. The summed E-state index contributed by atoms with van der Waals surface area (Å²) < 4.78 is 6.91.